The average Bonchev–Trinajstić information content (AvgIpc) is 2.83. The maximum Gasteiger partial charge on any atom is 0.327 e. The second-order valence-corrected chi connectivity index (χ2v) is 5.94. The van der Waals surface area contributed by atoms with E-state index in [-0.39, 0.29) is 16.8 Å². The molecule has 2 amide bonds. The van der Waals surface area contributed by atoms with Crippen molar-refractivity contribution in [2.75, 3.05) is 4.90 Å². The number of hydrogen-bond donors (Lipinski definition) is 3. The van der Waals surface area contributed by atoms with Crippen molar-refractivity contribution in [2.45, 2.75) is 11.4 Å². The van der Waals surface area contributed by atoms with Gasteiger partial charge in [0.2, 0.25) is 11.5 Å². The highest BCUT2D eigenvalue weighted by molar-refractivity contribution is 6.31. The van der Waals surface area contributed by atoms with Gasteiger partial charge in [-0.2, -0.15) is 0 Å². The smallest absolute Gasteiger partial charge is 0.327 e. The maximum absolute atomic E-state index is 12.5. The van der Waals surface area contributed by atoms with Crippen molar-refractivity contribution < 1.29 is 19.8 Å². The molecule has 2 aromatic carbocycles. The van der Waals surface area contributed by atoms with Crippen molar-refractivity contribution in [2.24, 2.45) is 0 Å². The van der Waals surface area contributed by atoms with E-state index in [0.717, 1.165) is 4.90 Å². The lowest BCUT2D eigenvalue weighted by Crippen LogP contribution is -2.59. The standard InChI is InChI=1S/C16H11ClN2O4/c17-9-4-3-5-10(8-9)19-14(21)18-15(22)13(20)11-6-1-2-7-12(11)16(15,19)23/h1-8,22-23H,(H,18,21). The van der Waals surface area contributed by atoms with Gasteiger partial charge in [0.05, 0.1) is 5.69 Å². The highest BCUT2D eigenvalue weighted by Gasteiger charge is 2.72. The number of Topliss-reactive ketones (excluding diaryl/α,β-unsaturated/α-hetero) is 1. The summed E-state index contributed by atoms with van der Waals surface area (Å²) in [6, 6.07) is 11.7. The molecule has 23 heavy (non-hydrogen) atoms. The van der Waals surface area contributed by atoms with Gasteiger partial charge in [-0.05, 0) is 18.2 Å². The zero-order valence-electron chi connectivity index (χ0n) is 11.7. The minimum Gasteiger partial charge on any atom is -0.362 e. The zero-order chi connectivity index (χ0) is 16.4. The van der Waals surface area contributed by atoms with Crippen molar-refractivity contribution in [3.63, 3.8) is 0 Å². The number of carbonyl (C=O) groups excluding carboxylic acids is 2. The molecule has 2 unspecified atom stereocenters. The molecule has 0 radical (unpaired) electrons. The molecular weight excluding hydrogens is 320 g/mol. The zero-order valence-corrected chi connectivity index (χ0v) is 12.4. The molecule has 0 bridgehead atoms. The Balaban J connectivity index is 2.00. The first-order valence-corrected chi connectivity index (χ1v) is 7.24. The van der Waals surface area contributed by atoms with Crippen LogP contribution in [-0.2, 0) is 5.72 Å². The lowest BCUT2D eigenvalue weighted by Gasteiger charge is -2.35. The molecule has 0 saturated carbocycles. The molecule has 1 heterocycles. The van der Waals surface area contributed by atoms with Crippen molar-refractivity contribution in [1.29, 1.82) is 0 Å². The van der Waals surface area contributed by atoms with E-state index in [1.165, 1.54) is 18.2 Å². The topological polar surface area (TPSA) is 89.9 Å². The number of fused-ring (bicyclic) bond motifs is 3. The summed E-state index contributed by atoms with van der Waals surface area (Å²) in [4.78, 5) is 25.8. The predicted octanol–water partition coefficient (Wildman–Crippen LogP) is 1.60. The van der Waals surface area contributed by atoms with E-state index in [1.807, 2.05) is 0 Å². The number of aliphatic hydroxyl groups is 2. The Morgan fingerprint density at radius 3 is 2.52 bits per heavy atom. The maximum atomic E-state index is 12.5. The number of urea groups is 1. The highest BCUT2D eigenvalue weighted by Crippen LogP contribution is 2.50. The van der Waals surface area contributed by atoms with Crippen molar-refractivity contribution in [1.82, 2.24) is 5.32 Å². The average molecular weight is 331 g/mol. The molecule has 2 atom stereocenters. The van der Waals surface area contributed by atoms with E-state index < -0.39 is 23.3 Å². The van der Waals surface area contributed by atoms with Crippen LogP contribution in [0.5, 0.6) is 0 Å². The Labute approximate surface area is 135 Å². The summed E-state index contributed by atoms with van der Waals surface area (Å²) in [5, 5.41) is 24.5. The van der Waals surface area contributed by atoms with Gasteiger partial charge in [0.15, 0.2) is 0 Å². The molecule has 0 aromatic heterocycles. The number of rotatable bonds is 1. The third kappa shape index (κ3) is 1.55. The SMILES string of the molecule is O=C1NC2(O)C(=O)c3ccccc3C2(O)N1c1cccc(Cl)c1. The van der Waals surface area contributed by atoms with E-state index in [9.17, 15) is 19.8 Å². The minimum atomic E-state index is -2.45. The van der Waals surface area contributed by atoms with Gasteiger partial charge in [0, 0.05) is 16.1 Å². The van der Waals surface area contributed by atoms with Crippen molar-refractivity contribution >= 4 is 29.1 Å². The van der Waals surface area contributed by atoms with Gasteiger partial charge in [-0.3, -0.25) is 15.0 Å². The minimum absolute atomic E-state index is 0.157. The van der Waals surface area contributed by atoms with Gasteiger partial charge in [0.1, 0.15) is 0 Å². The van der Waals surface area contributed by atoms with Crippen LogP contribution in [0.2, 0.25) is 5.02 Å². The summed E-state index contributed by atoms with van der Waals surface area (Å²) in [6.45, 7) is 0. The van der Waals surface area contributed by atoms with Crippen LogP contribution in [0, 0.1) is 0 Å². The van der Waals surface area contributed by atoms with Gasteiger partial charge in [-0.1, -0.05) is 41.9 Å². The molecule has 6 nitrogen and oxygen atoms in total. The molecule has 4 rings (SSSR count). The van der Waals surface area contributed by atoms with E-state index >= 15 is 0 Å². The molecule has 1 saturated heterocycles. The molecular formula is C16H11ClN2O4. The lowest BCUT2D eigenvalue weighted by atomic mass is 9.98. The molecule has 0 spiro atoms. The number of benzene rings is 2. The summed E-state index contributed by atoms with van der Waals surface area (Å²) in [7, 11) is 0. The van der Waals surface area contributed by atoms with Gasteiger partial charge in [0.25, 0.3) is 5.72 Å². The Hall–Kier alpha value is -2.41. The second-order valence-electron chi connectivity index (χ2n) is 5.50. The van der Waals surface area contributed by atoms with Crippen LogP contribution >= 0.6 is 11.6 Å². The summed E-state index contributed by atoms with van der Waals surface area (Å²) in [5.41, 5.74) is -4.12. The molecule has 2 aromatic rings. The Bertz CT molecular complexity index is 871. The largest absolute Gasteiger partial charge is 0.362 e. The first kappa shape index (κ1) is 14.2. The number of nitrogens with one attached hydrogen (secondary N) is 1. The molecule has 1 aliphatic heterocycles. The Kier molecular flexibility index (Phi) is 2.67. The number of hydrogen-bond acceptors (Lipinski definition) is 4. The summed E-state index contributed by atoms with van der Waals surface area (Å²) in [6.07, 6.45) is 0. The highest BCUT2D eigenvalue weighted by atomic mass is 35.5. The number of nitrogens with zero attached hydrogens (tertiary/aromatic N) is 1. The van der Waals surface area contributed by atoms with Gasteiger partial charge >= 0.3 is 6.03 Å². The number of amides is 2. The van der Waals surface area contributed by atoms with Crippen LogP contribution in [0.1, 0.15) is 15.9 Å². The van der Waals surface area contributed by atoms with E-state index in [0.29, 0.717) is 5.02 Å². The summed E-state index contributed by atoms with van der Waals surface area (Å²) >= 11 is 5.95. The number of ketones is 1. The molecule has 3 N–H and O–H groups in total. The molecule has 2 aliphatic rings. The fourth-order valence-electron chi connectivity index (χ4n) is 3.24. The van der Waals surface area contributed by atoms with Gasteiger partial charge in [-0.25, -0.2) is 4.79 Å². The van der Waals surface area contributed by atoms with Crippen LogP contribution in [-0.4, -0.2) is 27.8 Å². The van der Waals surface area contributed by atoms with E-state index in [2.05, 4.69) is 5.32 Å². The molecule has 7 heteroatoms. The fraction of sp³-hybridized carbons (Fsp3) is 0.125. The second kappa shape index (κ2) is 4.32. The predicted molar refractivity (Wildman–Crippen MR) is 82.1 cm³/mol. The van der Waals surface area contributed by atoms with Crippen molar-refractivity contribution in [3.05, 3.63) is 64.7 Å². The Morgan fingerprint density at radius 1 is 1.04 bits per heavy atom. The first-order valence-electron chi connectivity index (χ1n) is 6.86. The van der Waals surface area contributed by atoms with Crippen LogP contribution in [0.15, 0.2) is 48.5 Å². The fourth-order valence-corrected chi connectivity index (χ4v) is 3.42. The van der Waals surface area contributed by atoms with Gasteiger partial charge in [-0.15, -0.1) is 0 Å². The summed E-state index contributed by atoms with van der Waals surface area (Å²) < 4.78 is 0. The quantitative estimate of drug-likeness (QED) is 0.741. The number of carbonyl (C=O) groups is 2. The monoisotopic (exact) mass is 330 g/mol. The lowest BCUT2D eigenvalue weighted by molar-refractivity contribution is -0.109. The van der Waals surface area contributed by atoms with Crippen LogP contribution in [0.3, 0.4) is 0 Å². The van der Waals surface area contributed by atoms with Gasteiger partial charge < -0.3 is 10.2 Å². The van der Waals surface area contributed by atoms with E-state index in [4.69, 9.17) is 11.6 Å². The first-order chi connectivity index (χ1) is 10.9. The summed E-state index contributed by atoms with van der Waals surface area (Å²) in [5.74, 6) is -0.756. The van der Waals surface area contributed by atoms with Crippen LogP contribution < -0.4 is 10.2 Å². The Morgan fingerprint density at radius 2 is 1.78 bits per heavy atom. The number of anilines is 1. The molecule has 116 valence electrons. The number of halogens is 1. The van der Waals surface area contributed by atoms with Crippen molar-refractivity contribution in [3.8, 4) is 0 Å². The van der Waals surface area contributed by atoms with Crippen LogP contribution in [0.4, 0.5) is 10.5 Å². The third-order valence-electron chi connectivity index (χ3n) is 4.26. The molecule has 1 aliphatic carbocycles. The van der Waals surface area contributed by atoms with E-state index in [1.54, 1.807) is 30.3 Å². The molecule has 1 fully saturated rings. The normalized spacial score (nSPS) is 28.6. The third-order valence-corrected chi connectivity index (χ3v) is 4.50. The van der Waals surface area contributed by atoms with Crippen LogP contribution in [0.25, 0.3) is 0 Å².